The fourth-order valence-corrected chi connectivity index (χ4v) is 2.95. The van der Waals surface area contributed by atoms with Crippen molar-refractivity contribution in [3.05, 3.63) is 24.3 Å². The number of benzene rings is 1. The number of methoxy groups -OCH3 is 1. The highest BCUT2D eigenvalue weighted by atomic mass is 16.5. The maximum Gasteiger partial charge on any atom is 0.317 e. The van der Waals surface area contributed by atoms with Crippen molar-refractivity contribution in [3.8, 4) is 5.75 Å². The Kier molecular flexibility index (Phi) is 6.46. The Labute approximate surface area is 143 Å². The molecule has 0 radical (unpaired) electrons. The third kappa shape index (κ3) is 4.40. The Morgan fingerprint density at radius 1 is 1.33 bits per heavy atom. The molecule has 1 aromatic carbocycles. The molecule has 24 heavy (non-hydrogen) atoms. The molecule has 6 nitrogen and oxygen atoms in total. The summed E-state index contributed by atoms with van der Waals surface area (Å²) in [5.41, 5.74) is 0.801. The van der Waals surface area contributed by atoms with Gasteiger partial charge < -0.3 is 19.9 Å². The number of nitrogens with zero attached hydrogens (tertiary/aromatic N) is 2. The van der Waals surface area contributed by atoms with Crippen LogP contribution in [0.25, 0.3) is 0 Å². The smallest absolute Gasteiger partial charge is 0.317 e. The lowest BCUT2D eigenvalue weighted by atomic mass is 10.2. The van der Waals surface area contributed by atoms with Gasteiger partial charge in [-0.25, -0.2) is 4.79 Å². The van der Waals surface area contributed by atoms with Crippen LogP contribution in [0.2, 0.25) is 0 Å². The number of carbonyl (C=O) groups is 2. The first kappa shape index (κ1) is 18.1. The molecule has 1 atom stereocenters. The van der Waals surface area contributed by atoms with Crippen LogP contribution in [-0.2, 0) is 4.79 Å². The Balaban J connectivity index is 1.99. The first-order valence-corrected chi connectivity index (χ1v) is 8.58. The van der Waals surface area contributed by atoms with Crippen LogP contribution in [0, 0.1) is 0 Å². The highest BCUT2D eigenvalue weighted by molar-refractivity contribution is 5.97. The van der Waals surface area contributed by atoms with Crippen LogP contribution in [0.1, 0.15) is 33.1 Å². The van der Waals surface area contributed by atoms with Gasteiger partial charge >= 0.3 is 6.03 Å². The molecule has 1 fully saturated rings. The van der Waals surface area contributed by atoms with Crippen molar-refractivity contribution < 1.29 is 14.3 Å². The van der Waals surface area contributed by atoms with Gasteiger partial charge in [0.25, 0.3) is 0 Å². The number of nitrogens with one attached hydrogen (secondary N) is 1. The maximum absolute atomic E-state index is 12.4. The van der Waals surface area contributed by atoms with Crippen molar-refractivity contribution in [2.24, 2.45) is 0 Å². The van der Waals surface area contributed by atoms with E-state index in [2.05, 4.69) is 19.2 Å². The predicted octanol–water partition coefficient (Wildman–Crippen LogP) is 2.63. The maximum atomic E-state index is 12.4. The van der Waals surface area contributed by atoms with Gasteiger partial charge in [-0.1, -0.05) is 19.9 Å². The normalized spacial score (nSPS) is 17.0. The first-order chi connectivity index (χ1) is 11.6. The van der Waals surface area contributed by atoms with Crippen LogP contribution in [0.15, 0.2) is 24.3 Å². The van der Waals surface area contributed by atoms with E-state index in [1.807, 2.05) is 29.2 Å². The summed E-state index contributed by atoms with van der Waals surface area (Å²) in [4.78, 5) is 28.2. The summed E-state index contributed by atoms with van der Waals surface area (Å²) in [6, 6.07) is 7.18. The van der Waals surface area contributed by atoms with Gasteiger partial charge in [0.1, 0.15) is 5.75 Å². The van der Waals surface area contributed by atoms with Gasteiger partial charge in [0.2, 0.25) is 5.91 Å². The molecular formula is C18H27N3O3. The lowest BCUT2D eigenvalue weighted by molar-refractivity contribution is -0.117. The number of ether oxygens (including phenoxy) is 1. The van der Waals surface area contributed by atoms with E-state index in [0.29, 0.717) is 18.7 Å². The third-order valence-corrected chi connectivity index (χ3v) is 4.09. The van der Waals surface area contributed by atoms with Crippen molar-refractivity contribution >= 4 is 17.6 Å². The molecule has 0 bridgehead atoms. The van der Waals surface area contributed by atoms with E-state index < -0.39 is 0 Å². The average Bonchev–Trinajstić information content (AvgIpc) is 2.95. The van der Waals surface area contributed by atoms with E-state index in [-0.39, 0.29) is 18.0 Å². The highest BCUT2D eigenvalue weighted by Crippen LogP contribution is 2.25. The van der Waals surface area contributed by atoms with E-state index in [1.165, 1.54) is 0 Å². The second-order valence-electron chi connectivity index (χ2n) is 6.04. The zero-order valence-corrected chi connectivity index (χ0v) is 14.7. The standard InChI is InChI=1S/C18H27N3O3/c1-4-9-20(10-5-2)18(23)19-14-11-17(22)21(13-14)15-7-6-8-16(12-15)24-3/h6-8,12,14H,4-5,9-11,13H2,1-3H3,(H,19,23)/t14-/m1/s1. The molecule has 2 rings (SSSR count). The minimum absolute atomic E-state index is 0.0195. The molecule has 0 spiro atoms. The van der Waals surface area contributed by atoms with Gasteiger partial charge in [-0.3, -0.25) is 4.79 Å². The summed E-state index contributed by atoms with van der Waals surface area (Å²) in [6.45, 7) is 6.07. The van der Waals surface area contributed by atoms with Crippen LogP contribution in [0.5, 0.6) is 5.75 Å². The van der Waals surface area contributed by atoms with Crippen molar-refractivity contribution in [1.29, 1.82) is 0 Å². The molecule has 0 aromatic heterocycles. The van der Waals surface area contributed by atoms with Gasteiger partial charge in [-0.05, 0) is 25.0 Å². The van der Waals surface area contributed by atoms with Crippen LogP contribution in [0.3, 0.4) is 0 Å². The molecule has 6 heteroatoms. The highest BCUT2D eigenvalue weighted by Gasteiger charge is 2.32. The zero-order valence-electron chi connectivity index (χ0n) is 14.7. The Morgan fingerprint density at radius 3 is 2.67 bits per heavy atom. The summed E-state index contributed by atoms with van der Waals surface area (Å²) < 4.78 is 5.21. The number of hydrogen-bond donors (Lipinski definition) is 1. The molecular weight excluding hydrogens is 306 g/mol. The minimum atomic E-state index is -0.160. The molecule has 1 saturated heterocycles. The van der Waals surface area contributed by atoms with E-state index in [0.717, 1.165) is 31.6 Å². The Morgan fingerprint density at radius 2 is 2.04 bits per heavy atom. The van der Waals surface area contributed by atoms with E-state index in [9.17, 15) is 9.59 Å². The lowest BCUT2D eigenvalue weighted by Crippen LogP contribution is -2.46. The topological polar surface area (TPSA) is 61.9 Å². The van der Waals surface area contributed by atoms with Crippen LogP contribution >= 0.6 is 0 Å². The number of carbonyl (C=O) groups excluding carboxylic acids is 2. The van der Waals surface area contributed by atoms with Gasteiger partial charge in [-0.2, -0.15) is 0 Å². The molecule has 1 heterocycles. The zero-order chi connectivity index (χ0) is 17.5. The van der Waals surface area contributed by atoms with E-state index >= 15 is 0 Å². The summed E-state index contributed by atoms with van der Waals surface area (Å²) in [5.74, 6) is 0.732. The summed E-state index contributed by atoms with van der Waals surface area (Å²) in [6.07, 6.45) is 2.18. The SMILES string of the molecule is CCCN(CCC)C(=O)N[C@@H]1CC(=O)N(c2cccc(OC)c2)C1. The molecule has 3 amide bonds. The molecule has 1 N–H and O–H groups in total. The van der Waals surface area contributed by atoms with Gasteiger partial charge in [-0.15, -0.1) is 0 Å². The van der Waals surface area contributed by atoms with Crippen LogP contribution < -0.4 is 15.0 Å². The second-order valence-corrected chi connectivity index (χ2v) is 6.04. The van der Waals surface area contributed by atoms with E-state index in [4.69, 9.17) is 4.74 Å². The number of rotatable bonds is 7. The quantitative estimate of drug-likeness (QED) is 0.834. The molecule has 0 unspecified atom stereocenters. The Hall–Kier alpha value is -2.24. The summed E-state index contributed by atoms with van der Waals surface area (Å²) in [7, 11) is 1.60. The fraction of sp³-hybridized carbons (Fsp3) is 0.556. The largest absolute Gasteiger partial charge is 0.497 e. The van der Waals surface area contributed by atoms with Crippen molar-refractivity contribution in [3.63, 3.8) is 0 Å². The summed E-state index contributed by atoms with van der Waals surface area (Å²) in [5, 5.41) is 3.00. The number of anilines is 1. The molecule has 1 aliphatic heterocycles. The predicted molar refractivity (Wildman–Crippen MR) is 94.4 cm³/mol. The minimum Gasteiger partial charge on any atom is -0.497 e. The molecule has 132 valence electrons. The first-order valence-electron chi connectivity index (χ1n) is 8.58. The van der Waals surface area contributed by atoms with Crippen LogP contribution in [0.4, 0.5) is 10.5 Å². The van der Waals surface area contributed by atoms with Crippen molar-refractivity contribution in [2.75, 3.05) is 31.6 Å². The van der Waals surface area contributed by atoms with Crippen LogP contribution in [-0.4, -0.2) is 49.6 Å². The monoisotopic (exact) mass is 333 g/mol. The van der Waals surface area contributed by atoms with Gasteiger partial charge in [0.15, 0.2) is 0 Å². The third-order valence-electron chi connectivity index (χ3n) is 4.09. The average molecular weight is 333 g/mol. The van der Waals surface area contributed by atoms with Gasteiger partial charge in [0.05, 0.1) is 13.2 Å². The van der Waals surface area contributed by atoms with Gasteiger partial charge in [0, 0.05) is 37.8 Å². The number of amides is 3. The second kappa shape index (κ2) is 8.57. The van der Waals surface area contributed by atoms with Crippen molar-refractivity contribution in [2.45, 2.75) is 39.2 Å². The summed E-state index contributed by atoms with van der Waals surface area (Å²) >= 11 is 0. The fourth-order valence-electron chi connectivity index (χ4n) is 2.95. The van der Waals surface area contributed by atoms with E-state index in [1.54, 1.807) is 12.0 Å². The number of urea groups is 1. The molecule has 0 saturated carbocycles. The Bertz CT molecular complexity index is 570. The number of hydrogen-bond acceptors (Lipinski definition) is 3. The lowest BCUT2D eigenvalue weighted by Gasteiger charge is -2.24. The van der Waals surface area contributed by atoms with Crippen molar-refractivity contribution in [1.82, 2.24) is 10.2 Å². The molecule has 1 aromatic rings. The molecule has 0 aliphatic carbocycles. The molecule has 1 aliphatic rings.